The third kappa shape index (κ3) is 3.59. The van der Waals surface area contributed by atoms with Crippen LogP contribution in [-0.4, -0.2) is 34.8 Å². The number of aryl methyl sites for hydroxylation is 1. The Morgan fingerprint density at radius 1 is 1.09 bits per heavy atom. The van der Waals surface area contributed by atoms with Crippen LogP contribution in [0.5, 0.6) is 0 Å². The smallest absolute Gasteiger partial charge is 0.318 e. The summed E-state index contributed by atoms with van der Waals surface area (Å²) in [6, 6.07) is 10.9. The second-order valence-corrected chi connectivity index (χ2v) is 8.33. The van der Waals surface area contributed by atoms with E-state index in [1.165, 1.54) is 59.1 Å². The molecule has 1 N–H and O–H groups in total. The molecule has 4 heterocycles. The van der Waals surface area contributed by atoms with Crippen LogP contribution in [0.1, 0.15) is 10.6 Å². The van der Waals surface area contributed by atoms with E-state index >= 15 is 0 Å². The number of aromatic nitrogens is 6. The summed E-state index contributed by atoms with van der Waals surface area (Å²) >= 11 is 1.40. The summed E-state index contributed by atoms with van der Waals surface area (Å²) in [5, 5.41) is 8.95. The van der Waals surface area contributed by atoms with Crippen molar-refractivity contribution in [2.45, 2.75) is 0 Å². The molecule has 0 spiro atoms. The number of thiophene rings is 1. The number of nitrogens with one attached hydrogen (secondary N) is 1. The van der Waals surface area contributed by atoms with Crippen molar-refractivity contribution in [3.63, 3.8) is 0 Å². The Kier molecular flexibility index (Phi) is 5.13. The van der Waals surface area contributed by atoms with Crippen molar-refractivity contribution in [1.29, 1.82) is 0 Å². The second-order valence-electron chi connectivity index (χ2n) is 7.38. The first-order chi connectivity index (χ1) is 16.3. The summed E-state index contributed by atoms with van der Waals surface area (Å²) < 4.78 is 17.4. The Morgan fingerprint density at radius 2 is 1.91 bits per heavy atom. The van der Waals surface area contributed by atoms with Gasteiger partial charge in [0.25, 0.3) is 11.5 Å². The lowest BCUT2D eigenvalue weighted by Crippen LogP contribution is -2.37. The van der Waals surface area contributed by atoms with E-state index < -0.39 is 23.0 Å². The SMILES string of the molecule is Cn1c(=O)c2cc(NC(=O)c3nc(-c4cccs4)n(-c4cccc(F)c4)n3)cnc2n(C)c1=O. The predicted octanol–water partition coefficient (Wildman–Crippen LogP) is 2.33. The van der Waals surface area contributed by atoms with Crippen molar-refractivity contribution in [1.82, 2.24) is 28.9 Å². The number of rotatable bonds is 4. The fraction of sp³-hybridized carbons (Fsp3) is 0.0909. The summed E-state index contributed by atoms with van der Waals surface area (Å²) in [6.45, 7) is 0. The number of carbonyl (C=O) groups is 1. The van der Waals surface area contributed by atoms with Crippen molar-refractivity contribution in [3.05, 3.63) is 86.5 Å². The summed E-state index contributed by atoms with van der Waals surface area (Å²) in [7, 11) is 2.87. The summed E-state index contributed by atoms with van der Waals surface area (Å²) in [5.74, 6) is -0.863. The minimum atomic E-state index is -0.643. The largest absolute Gasteiger partial charge is 0.332 e. The topological polar surface area (TPSA) is 117 Å². The minimum Gasteiger partial charge on any atom is -0.318 e. The molecule has 0 radical (unpaired) electrons. The predicted molar refractivity (Wildman–Crippen MR) is 125 cm³/mol. The van der Waals surface area contributed by atoms with Crippen LogP contribution in [0.25, 0.3) is 27.4 Å². The fourth-order valence-corrected chi connectivity index (χ4v) is 4.18. The number of nitrogens with zero attached hydrogens (tertiary/aromatic N) is 6. The molecular formula is C22H16FN7O3S. The zero-order valence-electron chi connectivity index (χ0n) is 17.9. The number of anilines is 1. The number of pyridine rings is 1. The summed E-state index contributed by atoms with van der Waals surface area (Å²) in [6.07, 6.45) is 1.34. The van der Waals surface area contributed by atoms with E-state index in [9.17, 15) is 18.8 Å². The summed E-state index contributed by atoms with van der Waals surface area (Å²) in [5.41, 5.74) is -0.204. The third-order valence-corrected chi connectivity index (χ3v) is 6.02. The Hall–Kier alpha value is -4.45. The van der Waals surface area contributed by atoms with Crippen LogP contribution in [0.15, 0.2) is 63.6 Å². The van der Waals surface area contributed by atoms with Crippen LogP contribution < -0.4 is 16.6 Å². The molecule has 34 heavy (non-hydrogen) atoms. The molecule has 12 heteroatoms. The van der Waals surface area contributed by atoms with Gasteiger partial charge in [0.15, 0.2) is 5.82 Å². The molecule has 1 amide bonds. The van der Waals surface area contributed by atoms with E-state index in [1.807, 2.05) is 17.5 Å². The first-order valence-corrected chi connectivity index (χ1v) is 10.9. The molecule has 4 aromatic heterocycles. The molecule has 0 unspecified atom stereocenters. The molecule has 0 fully saturated rings. The number of amides is 1. The molecule has 5 aromatic rings. The Balaban J connectivity index is 1.54. The highest BCUT2D eigenvalue weighted by molar-refractivity contribution is 7.13. The van der Waals surface area contributed by atoms with E-state index in [1.54, 1.807) is 12.1 Å². The van der Waals surface area contributed by atoms with Crippen molar-refractivity contribution < 1.29 is 9.18 Å². The second kappa shape index (κ2) is 8.15. The first-order valence-electron chi connectivity index (χ1n) is 9.97. The van der Waals surface area contributed by atoms with Gasteiger partial charge in [-0.25, -0.2) is 23.8 Å². The molecule has 5 rings (SSSR count). The van der Waals surface area contributed by atoms with Gasteiger partial charge >= 0.3 is 5.69 Å². The number of fused-ring (bicyclic) bond motifs is 1. The van der Waals surface area contributed by atoms with Crippen molar-refractivity contribution >= 4 is 34.0 Å². The first kappa shape index (κ1) is 21.4. The average Bonchev–Trinajstić information content (AvgIpc) is 3.51. The number of hydrogen-bond donors (Lipinski definition) is 1. The van der Waals surface area contributed by atoms with Gasteiger partial charge in [0.1, 0.15) is 11.5 Å². The van der Waals surface area contributed by atoms with Crippen LogP contribution in [0.2, 0.25) is 0 Å². The lowest BCUT2D eigenvalue weighted by molar-refractivity contribution is 0.101. The number of halogens is 1. The van der Waals surface area contributed by atoms with Crippen LogP contribution >= 0.6 is 11.3 Å². The normalized spacial score (nSPS) is 11.1. The lowest BCUT2D eigenvalue weighted by Gasteiger charge is -2.08. The highest BCUT2D eigenvalue weighted by atomic mass is 32.1. The van der Waals surface area contributed by atoms with E-state index in [-0.39, 0.29) is 22.5 Å². The Bertz CT molecular complexity index is 1690. The minimum absolute atomic E-state index is 0.152. The molecule has 0 aliphatic carbocycles. The highest BCUT2D eigenvalue weighted by Gasteiger charge is 2.20. The van der Waals surface area contributed by atoms with Gasteiger partial charge in [0.05, 0.1) is 27.8 Å². The van der Waals surface area contributed by atoms with Gasteiger partial charge in [-0.2, -0.15) is 0 Å². The highest BCUT2D eigenvalue weighted by Crippen LogP contribution is 2.26. The monoisotopic (exact) mass is 477 g/mol. The molecule has 0 aliphatic rings. The lowest BCUT2D eigenvalue weighted by atomic mass is 10.3. The molecule has 170 valence electrons. The van der Waals surface area contributed by atoms with Gasteiger partial charge in [-0.15, -0.1) is 16.4 Å². The zero-order chi connectivity index (χ0) is 24.0. The summed E-state index contributed by atoms with van der Waals surface area (Å²) in [4.78, 5) is 46.9. The van der Waals surface area contributed by atoms with Gasteiger partial charge in [-0.1, -0.05) is 12.1 Å². The molecule has 10 nitrogen and oxygen atoms in total. The quantitative estimate of drug-likeness (QED) is 0.425. The third-order valence-electron chi connectivity index (χ3n) is 5.16. The van der Waals surface area contributed by atoms with E-state index in [4.69, 9.17) is 0 Å². The van der Waals surface area contributed by atoms with Crippen molar-refractivity contribution in [3.8, 4) is 16.4 Å². The fourth-order valence-electron chi connectivity index (χ4n) is 3.48. The average molecular weight is 477 g/mol. The Labute approximate surface area is 194 Å². The molecule has 0 atom stereocenters. The molecule has 0 aliphatic heterocycles. The molecule has 1 aromatic carbocycles. The van der Waals surface area contributed by atoms with Gasteiger partial charge in [-0.3, -0.25) is 18.7 Å². The number of hydrogen-bond acceptors (Lipinski definition) is 7. The zero-order valence-corrected chi connectivity index (χ0v) is 18.7. The van der Waals surface area contributed by atoms with Crippen LogP contribution in [0, 0.1) is 5.82 Å². The van der Waals surface area contributed by atoms with Gasteiger partial charge in [0, 0.05) is 14.1 Å². The van der Waals surface area contributed by atoms with Crippen LogP contribution in [0.3, 0.4) is 0 Å². The molecule has 0 saturated carbocycles. The van der Waals surface area contributed by atoms with Crippen molar-refractivity contribution in [2.75, 3.05) is 5.32 Å². The van der Waals surface area contributed by atoms with Crippen LogP contribution in [-0.2, 0) is 14.1 Å². The van der Waals surface area contributed by atoms with E-state index in [0.29, 0.717) is 11.5 Å². The molecule has 0 saturated heterocycles. The van der Waals surface area contributed by atoms with Crippen molar-refractivity contribution in [2.24, 2.45) is 14.1 Å². The maximum Gasteiger partial charge on any atom is 0.332 e. The van der Waals surface area contributed by atoms with Gasteiger partial charge < -0.3 is 5.32 Å². The van der Waals surface area contributed by atoms with Crippen LogP contribution in [0.4, 0.5) is 10.1 Å². The van der Waals surface area contributed by atoms with E-state index in [2.05, 4.69) is 20.4 Å². The Morgan fingerprint density at radius 3 is 2.65 bits per heavy atom. The molecular weight excluding hydrogens is 461 g/mol. The van der Waals surface area contributed by atoms with Gasteiger partial charge in [-0.05, 0) is 35.7 Å². The number of carbonyl (C=O) groups excluding carboxylic acids is 1. The standard InChI is InChI=1S/C22H16FN7O3S/c1-28-18-15(21(32)29(2)22(28)33)10-13(11-24-18)25-20(31)17-26-19(16-7-4-8-34-16)30(27-17)14-6-3-5-12(23)9-14/h3-11H,1-2H3,(H,25,31). The number of benzene rings is 1. The maximum atomic E-state index is 13.8. The maximum absolute atomic E-state index is 13.8. The molecule has 0 bridgehead atoms. The van der Waals surface area contributed by atoms with E-state index in [0.717, 1.165) is 9.44 Å². The van der Waals surface area contributed by atoms with Gasteiger partial charge in [0.2, 0.25) is 5.82 Å².